The van der Waals surface area contributed by atoms with Gasteiger partial charge in [0.05, 0.1) is 5.02 Å². The number of thioether (sulfide) groups is 1. The number of azo groups is 1. The Kier molecular flexibility index (Phi) is 4.24. The fourth-order valence-electron chi connectivity index (χ4n) is 2.07. The van der Waals surface area contributed by atoms with Gasteiger partial charge in [-0.25, -0.2) is 9.50 Å². The average Bonchev–Trinajstić information content (AvgIpc) is 2.88. The second-order valence-corrected chi connectivity index (χ2v) is 5.82. The summed E-state index contributed by atoms with van der Waals surface area (Å²) in [6.45, 7) is 0. The molecule has 0 saturated heterocycles. The molecule has 0 unspecified atom stereocenters. The first-order valence-electron chi connectivity index (χ1n) is 6.64. The maximum Gasteiger partial charge on any atom is 0.188 e. The van der Waals surface area contributed by atoms with E-state index < -0.39 is 0 Å². The molecule has 0 fully saturated rings. The third-order valence-electron chi connectivity index (χ3n) is 3.17. The summed E-state index contributed by atoms with van der Waals surface area (Å²) < 4.78 is 1.44. The van der Waals surface area contributed by atoms with Crippen LogP contribution in [0.3, 0.4) is 0 Å². The van der Waals surface area contributed by atoms with Crippen molar-refractivity contribution in [3.8, 4) is 6.07 Å². The molecule has 0 saturated carbocycles. The molecule has 4 N–H and O–H groups in total. The predicted molar refractivity (Wildman–Crippen MR) is 93.9 cm³/mol. The third-order valence-corrected chi connectivity index (χ3v) is 4.25. The molecule has 3 rings (SSSR count). The van der Waals surface area contributed by atoms with Gasteiger partial charge in [-0.05, 0) is 18.4 Å². The van der Waals surface area contributed by atoms with E-state index in [1.807, 2.05) is 6.07 Å². The summed E-state index contributed by atoms with van der Waals surface area (Å²) in [5.74, 6) is 0.214. The van der Waals surface area contributed by atoms with Crippen molar-refractivity contribution in [2.45, 2.75) is 5.03 Å². The van der Waals surface area contributed by atoms with Crippen molar-refractivity contribution < 1.29 is 0 Å². The zero-order chi connectivity index (χ0) is 17.3. The average molecular weight is 359 g/mol. The Bertz CT molecular complexity index is 1000. The molecule has 0 aliphatic carbocycles. The number of halogens is 1. The summed E-state index contributed by atoms with van der Waals surface area (Å²) in [6.07, 6.45) is 1.80. The van der Waals surface area contributed by atoms with E-state index in [1.165, 1.54) is 16.3 Å². The van der Waals surface area contributed by atoms with E-state index in [2.05, 4.69) is 20.3 Å². The lowest BCUT2D eigenvalue weighted by Gasteiger charge is -2.05. The number of nitrogens with zero attached hydrogens (tertiary/aromatic N) is 6. The highest BCUT2D eigenvalue weighted by Crippen LogP contribution is 2.34. The van der Waals surface area contributed by atoms with E-state index in [4.69, 9.17) is 23.1 Å². The van der Waals surface area contributed by atoms with Crippen LogP contribution < -0.4 is 11.5 Å². The molecule has 1 aromatic carbocycles. The van der Waals surface area contributed by atoms with Crippen molar-refractivity contribution in [1.82, 2.24) is 14.6 Å². The minimum atomic E-state index is 0.0865. The first-order valence-corrected chi connectivity index (χ1v) is 8.25. The summed E-state index contributed by atoms with van der Waals surface area (Å²) >= 11 is 7.37. The number of hydrogen-bond donors (Lipinski definition) is 2. The Hall–Kier alpha value is -2.83. The maximum absolute atomic E-state index is 9.24. The Morgan fingerprint density at radius 1 is 1.25 bits per heavy atom. The number of nitrogen functional groups attached to an aromatic ring is 2. The van der Waals surface area contributed by atoms with Crippen molar-refractivity contribution in [3.05, 3.63) is 34.9 Å². The second kappa shape index (κ2) is 6.35. The Morgan fingerprint density at radius 3 is 2.67 bits per heavy atom. The quantitative estimate of drug-likeness (QED) is 0.418. The second-order valence-electron chi connectivity index (χ2n) is 4.61. The van der Waals surface area contributed by atoms with Crippen LogP contribution in [0.1, 0.15) is 5.56 Å². The molecule has 8 nitrogen and oxygen atoms in total. The van der Waals surface area contributed by atoms with Crippen LogP contribution in [0, 0.1) is 11.3 Å². The molecule has 24 heavy (non-hydrogen) atoms. The van der Waals surface area contributed by atoms with Crippen molar-refractivity contribution in [1.29, 1.82) is 5.26 Å². The van der Waals surface area contributed by atoms with Gasteiger partial charge in [0.2, 0.25) is 0 Å². The molecule has 0 bridgehead atoms. The first-order chi connectivity index (χ1) is 11.6. The van der Waals surface area contributed by atoms with E-state index >= 15 is 0 Å². The molecule has 0 radical (unpaired) electrons. The van der Waals surface area contributed by atoms with E-state index in [1.54, 1.807) is 30.5 Å². The highest BCUT2D eigenvalue weighted by molar-refractivity contribution is 7.98. The number of benzene rings is 1. The van der Waals surface area contributed by atoms with Gasteiger partial charge in [0.1, 0.15) is 28.2 Å². The monoisotopic (exact) mass is 358 g/mol. The van der Waals surface area contributed by atoms with Gasteiger partial charge >= 0.3 is 0 Å². The number of hydrogen-bond acceptors (Lipinski definition) is 8. The Morgan fingerprint density at radius 2 is 2.00 bits per heavy atom. The predicted octanol–water partition coefficient (Wildman–Crippen LogP) is 3.56. The molecule has 2 aromatic heterocycles. The molecule has 0 aliphatic heterocycles. The van der Waals surface area contributed by atoms with Gasteiger partial charge < -0.3 is 11.5 Å². The van der Waals surface area contributed by atoms with Crippen LogP contribution in [-0.2, 0) is 0 Å². The number of anilines is 2. The van der Waals surface area contributed by atoms with Gasteiger partial charge in [0.15, 0.2) is 17.2 Å². The lowest BCUT2D eigenvalue weighted by Crippen LogP contribution is -2.04. The van der Waals surface area contributed by atoms with Crippen molar-refractivity contribution in [2.75, 3.05) is 17.7 Å². The Balaban J connectivity index is 2.20. The minimum absolute atomic E-state index is 0.0865. The van der Waals surface area contributed by atoms with Crippen LogP contribution in [0.4, 0.5) is 23.0 Å². The van der Waals surface area contributed by atoms with E-state index in [0.29, 0.717) is 21.4 Å². The highest BCUT2D eigenvalue weighted by Gasteiger charge is 2.19. The third kappa shape index (κ3) is 2.62. The summed E-state index contributed by atoms with van der Waals surface area (Å²) in [5.41, 5.74) is 13.1. The van der Waals surface area contributed by atoms with Gasteiger partial charge in [-0.3, -0.25) is 0 Å². The van der Waals surface area contributed by atoms with Gasteiger partial charge in [-0.1, -0.05) is 23.7 Å². The summed E-state index contributed by atoms with van der Waals surface area (Å²) in [5, 5.41) is 22.6. The van der Waals surface area contributed by atoms with Gasteiger partial charge in [0, 0.05) is 0 Å². The number of rotatable bonds is 3. The molecule has 120 valence electrons. The first kappa shape index (κ1) is 16.0. The van der Waals surface area contributed by atoms with Gasteiger partial charge in [0.25, 0.3) is 0 Å². The van der Waals surface area contributed by atoms with Crippen LogP contribution in [0.25, 0.3) is 5.65 Å². The molecule has 10 heteroatoms. The number of fused-ring (bicyclic) bond motifs is 1. The smallest absolute Gasteiger partial charge is 0.188 e. The minimum Gasteiger partial charge on any atom is -0.382 e. The maximum atomic E-state index is 9.24. The molecule has 0 aliphatic rings. The number of aromatic nitrogens is 3. The lowest BCUT2D eigenvalue weighted by molar-refractivity contribution is 0.845. The van der Waals surface area contributed by atoms with Crippen molar-refractivity contribution in [3.63, 3.8) is 0 Å². The molecule has 0 atom stereocenters. The van der Waals surface area contributed by atoms with Crippen LogP contribution >= 0.6 is 23.4 Å². The SMILES string of the molecule is CSc1c(C#N)c(N)nc2c(N=Nc3ccccc3Cl)c(N)nn12. The topological polar surface area (TPSA) is 131 Å². The summed E-state index contributed by atoms with van der Waals surface area (Å²) in [7, 11) is 0. The van der Waals surface area contributed by atoms with E-state index in [0.717, 1.165) is 0 Å². The largest absolute Gasteiger partial charge is 0.382 e. The molecule has 0 spiro atoms. The molecular formula is C14H11ClN8S. The van der Waals surface area contributed by atoms with Crippen molar-refractivity contribution in [2.24, 2.45) is 10.2 Å². The molecular weight excluding hydrogens is 348 g/mol. The van der Waals surface area contributed by atoms with Gasteiger partial charge in [-0.15, -0.1) is 27.1 Å². The Labute approximate surface area is 146 Å². The fraction of sp³-hybridized carbons (Fsp3) is 0.0714. The van der Waals surface area contributed by atoms with Crippen LogP contribution in [0.5, 0.6) is 0 Å². The summed E-state index contributed by atoms with van der Waals surface area (Å²) in [6, 6.07) is 9.03. The van der Waals surface area contributed by atoms with E-state index in [-0.39, 0.29) is 22.9 Å². The van der Waals surface area contributed by atoms with Crippen LogP contribution in [0.2, 0.25) is 5.02 Å². The van der Waals surface area contributed by atoms with E-state index in [9.17, 15) is 5.26 Å². The lowest BCUT2D eigenvalue weighted by atomic mass is 10.3. The summed E-state index contributed by atoms with van der Waals surface area (Å²) in [4.78, 5) is 4.19. The standard InChI is InChI=1S/C14H11ClN8S/c1-24-14-7(6-16)11(17)19-13-10(12(18)22-23(13)14)21-20-9-5-3-2-4-8(9)15/h2-5H,1H3,(H2,17,19)(H2,18,22). The molecule has 2 heterocycles. The highest BCUT2D eigenvalue weighted by atomic mass is 35.5. The molecule has 0 amide bonds. The van der Waals surface area contributed by atoms with Gasteiger partial charge in [-0.2, -0.15) is 5.26 Å². The number of nitrogens with two attached hydrogens (primary N) is 2. The van der Waals surface area contributed by atoms with Crippen molar-refractivity contribution >= 4 is 52.0 Å². The molecule has 3 aromatic rings. The van der Waals surface area contributed by atoms with Crippen LogP contribution in [0.15, 0.2) is 39.5 Å². The normalized spacial score (nSPS) is 11.2. The fourth-order valence-corrected chi connectivity index (χ4v) is 2.90. The number of nitriles is 1. The zero-order valence-corrected chi connectivity index (χ0v) is 14.0. The zero-order valence-electron chi connectivity index (χ0n) is 12.4. The van der Waals surface area contributed by atoms with Crippen LogP contribution in [-0.4, -0.2) is 20.9 Å².